The minimum Gasteiger partial charge on any atom is -0.311 e. The second-order valence-corrected chi connectivity index (χ2v) is 12.3. The molecular weight excluding hydrogens is 583 g/mol. The maximum atomic E-state index is 5.08. The first kappa shape index (κ1) is 27.9. The lowest BCUT2D eigenvalue weighted by atomic mass is 9.88. The summed E-state index contributed by atoms with van der Waals surface area (Å²) in [5, 5.41) is 8.38. The van der Waals surface area contributed by atoms with Gasteiger partial charge in [0.05, 0.1) is 11.2 Å². The number of aromatic nitrogens is 2. The third kappa shape index (κ3) is 4.68. The van der Waals surface area contributed by atoms with Crippen LogP contribution in [0.4, 0.5) is 17.1 Å². The molecule has 0 saturated carbocycles. The predicted molar refractivity (Wildman–Crippen MR) is 202 cm³/mol. The highest BCUT2D eigenvalue weighted by Gasteiger charge is 2.18. The van der Waals surface area contributed by atoms with E-state index in [1.54, 1.807) is 0 Å². The Morgan fingerprint density at radius 3 is 1.69 bits per heavy atom. The van der Waals surface area contributed by atoms with Gasteiger partial charge in [-0.1, -0.05) is 103 Å². The van der Waals surface area contributed by atoms with Gasteiger partial charge in [-0.15, -0.1) is 0 Å². The Hall–Kier alpha value is -6.32. The van der Waals surface area contributed by atoms with Crippen molar-refractivity contribution in [2.75, 3.05) is 4.90 Å². The van der Waals surface area contributed by atoms with E-state index in [1.807, 2.05) is 12.4 Å². The first-order valence-electron chi connectivity index (χ1n) is 16.3. The largest absolute Gasteiger partial charge is 0.311 e. The zero-order valence-corrected chi connectivity index (χ0v) is 26.5. The van der Waals surface area contributed by atoms with Crippen LogP contribution in [0.5, 0.6) is 0 Å². The third-order valence-electron chi connectivity index (χ3n) is 9.35. The zero-order chi connectivity index (χ0) is 32.0. The lowest BCUT2D eigenvalue weighted by Gasteiger charge is -2.25. The fourth-order valence-electron chi connectivity index (χ4n) is 7.08. The number of para-hydroxylation sites is 2. The standard InChI is InChI=1S/C45H31N3/c1-30-20-25-43(46-28-30)32-26-42-44-38-18-10-8-16-36(38)40(27-41(44)37-17-9-11-19-39(37)45(42)47-29-32)31-21-23-35(24-22-31)48(33-12-4-2-5-13-33)34-14-6-3-7-15-34/h2-29H,1H3. The first-order chi connectivity index (χ1) is 23.7. The normalized spacial score (nSPS) is 11.4. The lowest BCUT2D eigenvalue weighted by molar-refractivity contribution is 1.26. The lowest BCUT2D eigenvalue weighted by Crippen LogP contribution is -2.09. The number of hydrogen-bond acceptors (Lipinski definition) is 3. The molecule has 0 aliphatic rings. The SMILES string of the molecule is Cc1ccc(-c2cnc3c4ccccc4c4cc(-c5ccc(N(c6ccccc6)c6ccccc6)cc5)c5ccccc5c4c3c2)nc1. The van der Waals surface area contributed by atoms with Gasteiger partial charge in [0, 0.05) is 45.8 Å². The molecule has 0 aliphatic carbocycles. The molecule has 2 aromatic heterocycles. The first-order valence-corrected chi connectivity index (χ1v) is 16.3. The maximum Gasteiger partial charge on any atom is 0.0787 e. The number of aryl methyl sites for hydroxylation is 1. The summed E-state index contributed by atoms with van der Waals surface area (Å²) in [7, 11) is 0. The van der Waals surface area contributed by atoms with Crippen LogP contribution in [0.1, 0.15) is 5.56 Å². The molecule has 0 spiro atoms. The van der Waals surface area contributed by atoms with Crippen LogP contribution < -0.4 is 4.90 Å². The number of anilines is 3. The summed E-state index contributed by atoms with van der Waals surface area (Å²) in [6.45, 7) is 2.06. The Bertz CT molecular complexity index is 2550. The highest BCUT2D eigenvalue weighted by molar-refractivity contribution is 6.32. The molecule has 0 bridgehead atoms. The van der Waals surface area contributed by atoms with E-state index in [4.69, 9.17) is 9.97 Å². The topological polar surface area (TPSA) is 29.0 Å². The van der Waals surface area contributed by atoms with Crippen LogP contribution in [0.25, 0.3) is 65.6 Å². The fourth-order valence-corrected chi connectivity index (χ4v) is 7.08. The van der Waals surface area contributed by atoms with Crippen LogP contribution in [0, 0.1) is 6.92 Å². The minimum absolute atomic E-state index is 0.928. The molecule has 0 radical (unpaired) electrons. The predicted octanol–water partition coefficient (Wildman–Crippen LogP) is 12.2. The Balaban J connectivity index is 1.27. The maximum absolute atomic E-state index is 5.08. The monoisotopic (exact) mass is 613 g/mol. The van der Waals surface area contributed by atoms with E-state index in [0.717, 1.165) is 50.2 Å². The van der Waals surface area contributed by atoms with Crippen molar-refractivity contribution in [2.45, 2.75) is 6.92 Å². The minimum atomic E-state index is 0.928. The van der Waals surface area contributed by atoms with Crippen molar-refractivity contribution in [3.63, 3.8) is 0 Å². The quantitative estimate of drug-likeness (QED) is 0.181. The highest BCUT2D eigenvalue weighted by Crippen LogP contribution is 2.43. The van der Waals surface area contributed by atoms with Crippen molar-refractivity contribution in [3.05, 3.63) is 176 Å². The van der Waals surface area contributed by atoms with Gasteiger partial charge in [0.25, 0.3) is 0 Å². The molecule has 226 valence electrons. The van der Waals surface area contributed by atoms with Crippen LogP contribution in [-0.2, 0) is 0 Å². The Labute approximate surface area is 279 Å². The van der Waals surface area contributed by atoms with Gasteiger partial charge in [0.1, 0.15) is 0 Å². The van der Waals surface area contributed by atoms with Crippen molar-refractivity contribution in [3.8, 4) is 22.4 Å². The second kappa shape index (κ2) is 11.5. The van der Waals surface area contributed by atoms with Gasteiger partial charge >= 0.3 is 0 Å². The molecule has 0 amide bonds. The van der Waals surface area contributed by atoms with Crippen molar-refractivity contribution in [1.29, 1.82) is 0 Å². The average molecular weight is 614 g/mol. The van der Waals surface area contributed by atoms with Crippen molar-refractivity contribution >= 4 is 60.3 Å². The van der Waals surface area contributed by atoms with Crippen molar-refractivity contribution < 1.29 is 0 Å². The van der Waals surface area contributed by atoms with Gasteiger partial charge in [-0.3, -0.25) is 9.97 Å². The van der Waals surface area contributed by atoms with Crippen LogP contribution >= 0.6 is 0 Å². The van der Waals surface area contributed by atoms with E-state index in [9.17, 15) is 0 Å². The molecule has 2 heterocycles. The molecule has 0 saturated heterocycles. The van der Waals surface area contributed by atoms with Gasteiger partial charge in [-0.25, -0.2) is 0 Å². The van der Waals surface area contributed by atoms with Gasteiger partial charge in [0.2, 0.25) is 0 Å². The second-order valence-electron chi connectivity index (χ2n) is 12.3. The van der Waals surface area contributed by atoms with E-state index >= 15 is 0 Å². The van der Waals surface area contributed by atoms with Crippen LogP contribution in [0.2, 0.25) is 0 Å². The van der Waals surface area contributed by atoms with Crippen molar-refractivity contribution in [1.82, 2.24) is 9.97 Å². The van der Waals surface area contributed by atoms with Gasteiger partial charge in [-0.05, 0) is 105 Å². The molecule has 0 N–H and O–H groups in total. The number of hydrogen-bond donors (Lipinski definition) is 0. The molecule has 0 atom stereocenters. The molecule has 0 unspecified atom stereocenters. The van der Waals surface area contributed by atoms with Gasteiger partial charge in [-0.2, -0.15) is 0 Å². The molecule has 0 fully saturated rings. The van der Waals surface area contributed by atoms with E-state index in [-0.39, 0.29) is 0 Å². The Morgan fingerprint density at radius 2 is 1.02 bits per heavy atom. The highest BCUT2D eigenvalue weighted by atomic mass is 15.1. The molecule has 3 heteroatoms. The summed E-state index contributed by atoms with van der Waals surface area (Å²) in [6.07, 6.45) is 3.88. The number of nitrogens with zero attached hydrogens (tertiary/aromatic N) is 3. The van der Waals surface area contributed by atoms with Gasteiger partial charge < -0.3 is 4.90 Å². The van der Waals surface area contributed by atoms with Crippen LogP contribution in [-0.4, -0.2) is 9.97 Å². The number of pyridine rings is 2. The van der Waals surface area contributed by atoms with E-state index in [0.29, 0.717) is 0 Å². The summed E-state index contributed by atoms with van der Waals surface area (Å²) in [5.74, 6) is 0. The van der Waals surface area contributed by atoms with E-state index in [2.05, 4.69) is 170 Å². The summed E-state index contributed by atoms with van der Waals surface area (Å²) >= 11 is 0. The smallest absolute Gasteiger partial charge is 0.0787 e. The van der Waals surface area contributed by atoms with Gasteiger partial charge in [0.15, 0.2) is 0 Å². The Morgan fingerprint density at radius 1 is 0.417 bits per heavy atom. The molecule has 48 heavy (non-hydrogen) atoms. The summed E-state index contributed by atoms with van der Waals surface area (Å²) < 4.78 is 0. The van der Waals surface area contributed by atoms with E-state index < -0.39 is 0 Å². The summed E-state index contributed by atoms with van der Waals surface area (Å²) in [6, 6.07) is 56.4. The molecule has 3 nitrogen and oxygen atoms in total. The van der Waals surface area contributed by atoms with Crippen molar-refractivity contribution in [2.24, 2.45) is 0 Å². The van der Waals surface area contributed by atoms with E-state index in [1.165, 1.54) is 38.1 Å². The number of fused-ring (bicyclic) bond motifs is 8. The summed E-state index contributed by atoms with van der Waals surface area (Å²) in [4.78, 5) is 12.1. The molecule has 0 aliphatic heterocycles. The zero-order valence-electron chi connectivity index (χ0n) is 26.5. The fraction of sp³-hybridized carbons (Fsp3) is 0.0222. The summed E-state index contributed by atoms with van der Waals surface area (Å²) in [5.41, 5.74) is 9.85. The van der Waals surface area contributed by atoms with Crippen LogP contribution in [0.15, 0.2) is 170 Å². The third-order valence-corrected chi connectivity index (χ3v) is 9.35. The number of rotatable bonds is 5. The molecule has 9 aromatic rings. The average Bonchev–Trinajstić information content (AvgIpc) is 3.16. The molecular formula is C45H31N3. The molecule has 9 rings (SSSR count). The molecule has 7 aromatic carbocycles. The Kier molecular flexibility index (Phi) is 6.69. The number of benzene rings is 7. The van der Waals surface area contributed by atoms with Crippen LogP contribution in [0.3, 0.4) is 0 Å².